The molecule has 2 aromatic carbocycles. The molecule has 0 atom stereocenters. The van der Waals surface area contributed by atoms with Crippen molar-refractivity contribution in [3.8, 4) is 0 Å². The first kappa shape index (κ1) is 14.4. The lowest BCUT2D eigenvalue weighted by Crippen LogP contribution is -2.36. The highest BCUT2D eigenvalue weighted by molar-refractivity contribution is 5.86. The Kier molecular flexibility index (Phi) is 3.49. The zero-order valence-electron chi connectivity index (χ0n) is 13.1. The highest BCUT2D eigenvalue weighted by atomic mass is 16.2. The van der Waals surface area contributed by atoms with Crippen LogP contribution in [0.15, 0.2) is 48.7 Å². The van der Waals surface area contributed by atoms with Crippen LogP contribution < -0.4 is 11.1 Å². The van der Waals surface area contributed by atoms with Crippen molar-refractivity contribution >= 4 is 22.8 Å². The Morgan fingerprint density at radius 3 is 2.92 bits per heavy atom. The zero-order valence-corrected chi connectivity index (χ0v) is 13.1. The molecule has 2 heterocycles. The largest absolute Gasteiger partial charge is 0.368 e. The molecule has 3 aromatic rings. The Labute approximate surface area is 139 Å². The number of hydrogen-bond acceptors (Lipinski definition) is 4. The Bertz CT molecular complexity index is 919. The van der Waals surface area contributed by atoms with Gasteiger partial charge in [-0.15, -0.1) is 0 Å². The molecule has 3 N–H and O–H groups in total. The van der Waals surface area contributed by atoms with Gasteiger partial charge in [-0.1, -0.05) is 42.5 Å². The van der Waals surface area contributed by atoms with Gasteiger partial charge < -0.3 is 16.0 Å². The van der Waals surface area contributed by atoms with Gasteiger partial charge in [0.15, 0.2) is 0 Å². The van der Waals surface area contributed by atoms with Gasteiger partial charge in [0.1, 0.15) is 0 Å². The van der Waals surface area contributed by atoms with Crippen molar-refractivity contribution in [2.45, 2.75) is 19.6 Å². The predicted octanol–water partition coefficient (Wildman–Crippen LogP) is 2.44. The van der Waals surface area contributed by atoms with Crippen LogP contribution in [0, 0.1) is 0 Å². The number of carbonyl (C=O) groups is 1. The van der Waals surface area contributed by atoms with Crippen molar-refractivity contribution in [2.24, 2.45) is 0 Å². The molecule has 1 aromatic heterocycles. The fourth-order valence-corrected chi connectivity index (χ4v) is 3.04. The number of hydrogen-bond donors (Lipinski definition) is 2. The third-order valence-electron chi connectivity index (χ3n) is 4.27. The average molecular weight is 319 g/mol. The van der Waals surface area contributed by atoms with E-state index in [4.69, 9.17) is 5.73 Å². The molecule has 1 aliphatic rings. The van der Waals surface area contributed by atoms with Crippen LogP contribution in [0.25, 0.3) is 10.8 Å². The van der Waals surface area contributed by atoms with E-state index in [9.17, 15) is 4.79 Å². The van der Waals surface area contributed by atoms with Crippen LogP contribution in [-0.2, 0) is 19.6 Å². The summed E-state index contributed by atoms with van der Waals surface area (Å²) in [4.78, 5) is 22.3. The van der Waals surface area contributed by atoms with E-state index in [0.717, 1.165) is 22.2 Å². The topological polar surface area (TPSA) is 84.1 Å². The maximum absolute atomic E-state index is 12.4. The van der Waals surface area contributed by atoms with E-state index < -0.39 is 0 Å². The lowest BCUT2D eigenvalue weighted by atomic mass is 10.0. The predicted molar refractivity (Wildman–Crippen MR) is 91.9 cm³/mol. The minimum Gasteiger partial charge on any atom is -0.368 e. The molecular formula is C18H17N5O. The maximum atomic E-state index is 12.4. The summed E-state index contributed by atoms with van der Waals surface area (Å²) in [5, 5.41) is 5.32. The standard InChI is InChI=1S/C18H17N5O/c19-17-20-9-14-10-23(11-16(14)22-17)18(24)21-8-13-6-3-5-12-4-1-2-7-15(12)13/h1-7,9H,8,10-11H2,(H,21,24)(H2,19,20,22). The minimum atomic E-state index is -0.112. The Morgan fingerprint density at radius 1 is 1.17 bits per heavy atom. The first-order chi connectivity index (χ1) is 11.7. The molecule has 6 nitrogen and oxygen atoms in total. The number of nitrogens with zero attached hydrogens (tertiary/aromatic N) is 3. The molecule has 0 radical (unpaired) electrons. The van der Waals surface area contributed by atoms with Crippen molar-refractivity contribution in [3.63, 3.8) is 0 Å². The lowest BCUT2D eigenvalue weighted by molar-refractivity contribution is 0.198. The van der Waals surface area contributed by atoms with Gasteiger partial charge in [0.2, 0.25) is 5.95 Å². The van der Waals surface area contributed by atoms with Gasteiger partial charge in [0.25, 0.3) is 0 Å². The third-order valence-corrected chi connectivity index (χ3v) is 4.27. The van der Waals surface area contributed by atoms with Crippen LogP contribution in [0.2, 0.25) is 0 Å². The number of carbonyl (C=O) groups excluding carboxylic acids is 1. The molecule has 24 heavy (non-hydrogen) atoms. The summed E-state index contributed by atoms with van der Waals surface area (Å²) in [6, 6.07) is 14.2. The van der Waals surface area contributed by atoms with E-state index in [-0.39, 0.29) is 12.0 Å². The Balaban J connectivity index is 1.46. The van der Waals surface area contributed by atoms with E-state index in [1.165, 1.54) is 5.39 Å². The van der Waals surface area contributed by atoms with Crippen molar-refractivity contribution in [1.29, 1.82) is 0 Å². The number of nitrogen functional groups attached to an aromatic ring is 1. The van der Waals surface area contributed by atoms with E-state index in [2.05, 4.69) is 33.5 Å². The van der Waals surface area contributed by atoms with Crippen LogP contribution in [0.3, 0.4) is 0 Å². The number of anilines is 1. The molecule has 0 unspecified atom stereocenters. The SMILES string of the molecule is Nc1ncc2c(n1)CN(C(=O)NCc1cccc3ccccc13)C2. The number of urea groups is 1. The summed E-state index contributed by atoms with van der Waals surface area (Å²) in [6.07, 6.45) is 1.69. The van der Waals surface area contributed by atoms with Crippen molar-refractivity contribution in [2.75, 3.05) is 5.73 Å². The van der Waals surface area contributed by atoms with Gasteiger partial charge in [0, 0.05) is 18.3 Å². The summed E-state index contributed by atoms with van der Waals surface area (Å²) in [6.45, 7) is 1.46. The van der Waals surface area contributed by atoms with Crippen LogP contribution in [0.4, 0.5) is 10.7 Å². The number of aromatic nitrogens is 2. The molecular weight excluding hydrogens is 302 g/mol. The lowest BCUT2D eigenvalue weighted by Gasteiger charge is -2.16. The number of fused-ring (bicyclic) bond motifs is 2. The molecule has 1 aliphatic heterocycles. The molecule has 0 spiro atoms. The second-order valence-corrected chi connectivity index (χ2v) is 5.85. The van der Waals surface area contributed by atoms with Gasteiger partial charge in [-0.3, -0.25) is 0 Å². The third kappa shape index (κ3) is 2.62. The van der Waals surface area contributed by atoms with Crippen molar-refractivity contribution in [3.05, 3.63) is 65.5 Å². The fraction of sp³-hybridized carbons (Fsp3) is 0.167. The maximum Gasteiger partial charge on any atom is 0.318 e. The minimum absolute atomic E-state index is 0.112. The van der Waals surface area contributed by atoms with Crippen LogP contribution >= 0.6 is 0 Å². The summed E-state index contributed by atoms with van der Waals surface area (Å²) < 4.78 is 0. The Morgan fingerprint density at radius 2 is 2.00 bits per heavy atom. The monoisotopic (exact) mass is 319 g/mol. The molecule has 120 valence electrons. The molecule has 0 fully saturated rings. The van der Waals surface area contributed by atoms with Crippen molar-refractivity contribution < 1.29 is 4.79 Å². The highest BCUT2D eigenvalue weighted by Gasteiger charge is 2.24. The first-order valence-electron chi connectivity index (χ1n) is 7.80. The number of amides is 2. The van der Waals surface area contributed by atoms with Gasteiger partial charge in [-0.2, -0.15) is 0 Å². The quantitative estimate of drug-likeness (QED) is 0.760. The van der Waals surface area contributed by atoms with Gasteiger partial charge in [-0.05, 0) is 16.3 Å². The molecule has 0 saturated heterocycles. The number of rotatable bonds is 2. The second kappa shape index (κ2) is 5.81. The molecule has 4 rings (SSSR count). The first-order valence-corrected chi connectivity index (χ1v) is 7.80. The normalized spacial score (nSPS) is 13.1. The van der Waals surface area contributed by atoms with E-state index in [0.29, 0.717) is 19.6 Å². The van der Waals surface area contributed by atoms with E-state index in [1.807, 2.05) is 24.3 Å². The van der Waals surface area contributed by atoms with Gasteiger partial charge in [0.05, 0.1) is 18.8 Å². The number of benzene rings is 2. The number of nitrogens with two attached hydrogens (primary N) is 1. The van der Waals surface area contributed by atoms with Crippen LogP contribution in [0.5, 0.6) is 0 Å². The van der Waals surface area contributed by atoms with E-state index >= 15 is 0 Å². The summed E-state index contributed by atoms with van der Waals surface area (Å²) >= 11 is 0. The van der Waals surface area contributed by atoms with Crippen LogP contribution in [-0.4, -0.2) is 20.9 Å². The fourth-order valence-electron chi connectivity index (χ4n) is 3.04. The highest BCUT2D eigenvalue weighted by Crippen LogP contribution is 2.21. The summed E-state index contributed by atoms with van der Waals surface area (Å²) in [7, 11) is 0. The molecule has 0 saturated carbocycles. The summed E-state index contributed by atoms with van der Waals surface area (Å²) in [5.74, 6) is 0.242. The van der Waals surface area contributed by atoms with Gasteiger partial charge in [-0.25, -0.2) is 14.8 Å². The van der Waals surface area contributed by atoms with Crippen molar-refractivity contribution in [1.82, 2.24) is 20.2 Å². The zero-order chi connectivity index (χ0) is 16.5. The Hall–Kier alpha value is -3.15. The number of nitrogens with one attached hydrogen (secondary N) is 1. The molecule has 0 aliphatic carbocycles. The molecule has 0 bridgehead atoms. The molecule has 6 heteroatoms. The second-order valence-electron chi connectivity index (χ2n) is 5.85. The smallest absolute Gasteiger partial charge is 0.318 e. The average Bonchev–Trinajstić information content (AvgIpc) is 3.03. The summed E-state index contributed by atoms with van der Waals surface area (Å²) in [5.41, 5.74) is 8.47. The van der Waals surface area contributed by atoms with Crippen LogP contribution in [0.1, 0.15) is 16.8 Å². The molecule has 2 amide bonds. The van der Waals surface area contributed by atoms with E-state index in [1.54, 1.807) is 11.1 Å². The van der Waals surface area contributed by atoms with Gasteiger partial charge >= 0.3 is 6.03 Å².